The van der Waals surface area contributed by atoms with E-state index in [-0.39, 0.29) is 5.91 Å². The van der Waals surface area contributed by atoms with Crippen molar-refractivity contribution in [1.82, 2.24) is 0 Å². The average Bonchev–Trinajstić information content (AvgIpc) is 2.49. The van der Waals surface area contributed by atoms with Gasteiger partial charge in [-0.3, -0.25) is 4.79 Å². The summed E-state index contributed by atoms with van der Waals surface area (Å²) in [5, 5.41) is 2.93. The molecule has 3 rings (SSSR count). The van der Waals surface area contributed by atoms with Gasteiger partial charge in [0, 0.05) is 16.9 Å². The van der Waals surface area contributed by atoms with Crippen molar-refractivity contribution in [3.63, 3.8) is 0 Å². The Hall–Kier alpha value is -1.61. The van der Waals surface area contributed by atoms with Crippen LogP contribution < -0.4 is 5.32 Å². The van der Waals surface area contributed by atoms with Crippen LogP contribution in [0, 0.1) is 6.92 Å². The van der Waals surface area contributed by atoms with Gasteiger partial charge in [0.2, 0.25) is 5.91 Å². The van der Waals surface area contributed by atoms with E-state index in [1.165, 1.54) is 22.3 Å². The van der Waals surface area contributed by atoms with Crippen LogP contribution in [0.1, 0.15) is 33.5 Å². The maximum atomic E-state index is 11.4. The summed E-state index contributed by atoms with van der Waals surface area (Å²) in [5.41, 5.74) is 6.08. The molecule has 1 heterocycles. The van der Waals surface area contributed by atoms with Crippen molar-refractivity contribution in [1.29, 1.82) is 0 Å². The molecule has 108 valence electrons. The van der Waals surface area contributed by atoms with Crippen molar-refractivity contribution in [2.75, 3.05) is 5.32 Å². The molecule has 1 amide bonds. The standard InChI is InChI=1S/C18H18BrNO/c1-12-2-4-13(5-3-12)10-16(19)14-6-8-17-15(11-14)7-9-18(21)20-17/h2-6,8,11,16H,7,9-10H2,1H3,(H,20,21). The molecule has 1 aliphatic rings. The molecule has 1 atom stereocenters. The molecule has 0 aliphatic carbocycles. The summed E-state index contributed by atoms with van der Waals surface area (Å²) in [6, 6.07) is 15.0. The third kappa shape index (κ3) is 3.35. The van der Waals surface area contributed by atoms with Gasteiger partial charge in [-0.15, -0.1) is 0 Å². The number of alkyl halides is 1. The molecule has 0 fully saturated rings. The van der Waals surface area contributed by atoms with Crippen molar-refractivity contribution < 1.29 is 4.79 Å². The second kappa shape index (κ2) is 6.02. The van der Waals surface area contributed by atoms with Gasteiger partial charge in [-0.1, -0.05) is 57.9 Å². The fraction of sp³-hybridized carbons (Fsp3) is 0.278. The number of nitrogens with one attached hydrogen (secondary N) is 1. The normalized spacial score (nSPS) is 15.2. The summed E-state index contributed by atoms with van der Waals surface area (Å²) in [6.45, 7) is 2.10. The zero-order valence-electron chi connectivity index (χ0n) is 12.0. The average molecular weight is 344 g/mol. The first-order valence-corrected chi connectivity index (χ1v) is 8.16. The molecule has 3 heteroatoms. The van der Waals surface area contributed by atoms with Crippen molar-refractivity contribution in [2.24, 2.45) is 0 Å². The fourth-order valence-corrected chi connectivity index (χ4v) is 3.31. The molecule has 1 aliphatic heterocycles. The van der Waals surface area contributed by atoms with E-state index in [1.54, 1.807) is 0 Å². The lowest BCUT2D eigenvalue weighted by Gasteiger charge is -2.19. The van der Waals surface area contributed by atoms with E-state index in [4.69, 9.17) is 0 Å². The maximum Gasteiger partial charge on any atom is 0.224 e. The second-order valence-corrected chi connectivity index (χ2v) is 6.73. The highest BCUT2D eigenvalue weighted by Gasteiger charge is 2.17. The number of amides is 1. The first-order valence-electron chi connectivity index (χ1n) is 7.24. The minimum absolute atomic E-state index is 0.116. The van der Waals surface area contributed by atoms with E-state index in [1.807, 2.05) is 6.07 Å². The van der Waals surface area contributed by atoms with Gasteiger partial charge in [-0.05, 0) is 42.5 Å². The van der Waals surface area contributed by atoms with Crippen molar-refractivity contribution in [3.8, 4) is 0 Å². The largest absolute Gasteiger partial charge is 0.326 e. The van der Waals surface area contributed by atoms with Crippen LogP contribution in [0.3, 0.4) is 0 Å². The number of fused-ring (bicyclic) bond motifs is 1. The molecule has 1 N–H and O–H groups in total. The first-order chi connectivity index (χ1) is 10.1. The Bertz CT molecular complexity index is 663. The highest BCUT2D eigenvalue weighted by Crippen LogP contribution is 2.31. The Morgan fingerprint density at radius 2 is 1.90 bits per heavy atom. The van der Waals surface area contributed by atoms with E-state index >= 15 is 0 Å². The predicted molar refractivity (Wildman–Crippen MR) is 89.9 cm³/mol. The SMILES string of the molecule is Cc1ccc(CC(Br)c2ccc3c(c2)CCC(=O)N3)cc1. The van der Waals surface area contributed by atoms with Crippen LogP contribution in [0.15, 0.2) is 42.5 Å². The van der Waals surface area contributed by atoms with Crippen molar-refractivity contribution in [2.45, 2.75) is 31.0 Å². The predicted octanol–water partition coefficient (Wildman–Crippen LogP) is 4.56. The molecule has 0 saturated heterocycles. The van der Waals surface area contributed by atoms with Crippen molar-refractivity contribution in [3.05, 3.63) is 64.7 Å². The quantitative estimate of drug-likeness (QED) is 0.813. The molecule has 0 saturated carbocycles. The molecular weight excluding hydrogens is 326 g/mol. The molecular formula is C18H18BrNO. The second-order valence-electron chi connectivity index (χ2n) is 5.62. The van der Waals surface area contributed by atoms with Crippen LogP contribution in [0.2, 0.25) is 0 Å². The Balaban J connectivity index is 1.77. The number of rotatable bonds is 3. The Morgan fingerprint density at radius 1 is 1.14 bits per heavy atom. The molecule has 0 radical (unpaired) electrons. The molecule has 2 aromatic carbocycles. The lowest BCUT2D eigenvalue weighted by atomic mass is 9.97. The van der Waals surface area contributed by atoms with Crippen LogP contribution in [0.25, 0.3) is 0 Å². The van der Waals surface area contributed by atoms with Gasteiger partial charge in [0.15, 0.2) is 0 Å². The smallest absolute Gasteiger partial charge is 0.224 e. The number of carbonyl (C=O) groups is 1. The number of halogens is 1. The molecule has 21 heavy (non-hydrogen) atoms. The van der Waals surface area contributed by atoms with Crippen molar-refractivity contribution >= 4 is 27.5 Å². The van der Waals surface area contributed by atoms with Gasteiger partial charge in [-0.25, -0.2) is 0 Å². The molecule has 0 aromatic heterocycles. The van der Waals surface area contributed by atoms with Gasteiger partial charge in [0.1, 0.15) is 0 Å². The minimum atomic E-state index is 0.116. The molecule has 0 bridgehead atoms. The molecule has 1 unspecified atom stereocenters. The van der Waals surface area contributed by atoms with Gasteiger partial charge in [0.25, 0.3) is 0 Å². The molecule has 2 nitrogen and oxygen atoms in total. The van der Waals surface area contributed by atoms with Crippen LogP contribution in [-0.4, -0.2) is 5.91 Å². The highest BCUT2D eigenvalue weighted by molar-refractivity contribution is 9.09. The van der Waals surface area contributed by atoms with Gasteiger partial charge < -0.3 is 5.32 Å². The number of aryl methyl sites for hydroxylation is 2. The topological polar surface area (TPSA) is 29.1 Å². The Labute approximate surface area is 133 Å². The zero-order valence-corrected chi connectivity index (χ0v) is 13.6. The van der Waals surface area contributed by atoms with E-state index < -0.39 is 0 Å². The lowest BCUT2D eigenvalue weighted by Crippen LogP contribution is -2.19. The Morgan fingerprint density at radius 3 is 2.67 bits per heavy atom. The summed E-state index contributed by atoms with van der Waals surface area (Å²) in [5.74, 6) is 0.116. The van der Waals surface area contributed by atoms with Gasteiger partial charge in [0.05, 0.1) is 0 Å². The van der Waals surface area contributed by atoms with E-state index in [0.29, 0.717) is 11.2 Å². The summed E-state index contributed by atoms with van der Waals surface area (Å²) in [7, 11) is 0. The third-order valence-electron chi connectivity index (χ3n) is 3.92. The van der Waals surface area contributed by atoms with Crippen LogP contribution >= 0.6 is 15.9 Å². The Kier molecular flexibility index (Phi) is 4.11. The monoisotopic (exact) mass is 343 g/mol. The number of anilines is 1. The van der Waals surface area contributed by atoms with Crippen LogP contribution in [0.5, 0.6) is 0 Å². The van der Waals surface area contributed by atoms with E-state index in [9.17, 15) is 4.79 Å². The number of hydrogen-bond acceptors (Lipinski definition) is 1. The van der Waals surface area contributed by atoms with Gasteiger partial charge >= 0.3 is 0 Å². The first kappa shape index (κ1) is 14.3. The minimum Gasteiger partial charge on any atom is -0.326 e. The zero-order chi connectivity index (χ0) is 14.8. The molecule has 0 spiro atoms. The number of carbonyl (C=O) groups excluding carboxylic acids is 1. The molecule has 2 aromatic rings. The number of benzene rings is 2. The maximum absolute atomic E-state index is 11.4. The summed E-state index contributed by atoms with van der Waals surface area (Å²) < 4.78 is 0. The van der Waals surface area contributed by atoms with Crippen LogP contribution in [-0.2, 0) is 17.6 Å². The lowest BCUT2D eigenvalue weighted by molar-refractivity contribution is -0.116. The van der Waals surface area contributed by atoms with Crippen LogP contribution in [0.4, 0.5) is 5.69 Å². The van der Waals surface area contributed by atoms with Gasteiger partial charge in [-0.2, -0.15) is 0 Å². The van der Waals surface area contributed by atoms with E-state index in [0.717, 1.165) is 18.5 Å². The fourth-order valence-electron chi connectivity index (χ4n) is 2.65. The van der Waals surface area contributed by atoms with E-state index in [2.05, 4.69) is 64.6 Å². The summed E-state index contributed by atoms with van der Waals surface area (Å²) >= 11 is 3.79. The highest BCUT2D eigenvalue weighted by atomic mass is 79.9. The summed E-state index contributed by atoms with van der Waals surface area (Å²) in [4.78, 5) is 11.7. The number of hydrogen-bond donors (Lipinski definition) is 1. The summed E-state index contributed by atoms with van der Waals surface area (Å²) in [6.07, 6.45) is 2.38. The third-order valence-corrected chi connectivity index (χ3v) is 4.77.